The number of nitrogens with zero attached hydrogens (tertiary/aromatic N) is 1. The molecule has 3 aromatic carbocycles. The van der Waals surface area contributed by atoms with Gasteiger partial charge in [-0.2, -0.15) is 0 Å². The molecule has 1 aliphatic heterocycles. The molecule has 0 spiro atoms. The summed E-state index contributed by atoms with van der Waals surface area (Å²) in [7, 11) is 2.52. The van der Waals surface area contributed by atoms with Gasteiger partial charge in [0.05, 0.1) is 42.0 Å². The molecule has 0 saturated carbocycles. The van der Waals surface area contributed by atoms with Gasteiger partial charge in [0.2, 0.25) is 0 Å². The van der Waals surface area contributed by atoms with Crippen molar-refractivity contribution in [1.29, 1.82) is 0 Å². The van der Waals surface area contributed by atoms with Crippen molar-refractivity contribution in [3.63, 3.8) is 0 Å². The highest BCUT2D eigenvalue weighted by Crippen LogP contribution is 2.40. The molecule has 42 heavy (non-hydrogen) atoms. The smallest absolute Gasteiger partial charge is 0.328 e. The van der Waals surface area contributed by atoms with Crippen LogP contribution in [0.4, 0.5) is 0 Å². The Morgan fingerprint density at radius 2 is 1.55 bits per heavy atom. The molecule has 11 heteroatoms. The summed E-state index contributed by atoms with van der Waals surface area (Å²) in [6.07, 6.45) is 0.195. The molecular weight excluding hydrogens is 599 g/mol. The van der Waals surface area contributed by atoms with Gasteiger partial charge < -0.3 is 19.5 Å². The molecule has 1 fully saturated rings. The summed E-state index contributed by atoms with van der Waals surface area (Å²) >= 11 is 12.4. The fourth-order valence-corrected chi connectivity index (χ4v) is 6.56. The van der Waals surface area contributed by atoms with Crippen LogP contribution in [-0.4, -0.2) is 72.4 Å². The zero-order valence-corrected chi connectivity index (χ0v) is 26.1. The number of carbonyl (C=O) groups is 2. The normalized spacial score (nSPS) is 14.7. The lowest BCUT2D eigenvalue weighted by atomic mass is 9.97. The third-order valence-corrected chi connectivity index (χ3v) is 8.90. The van der Waals surface area contributed by atoms with E-state index in [1.54, 1.807) is 39.3 Å². The van der Waals surface area contributed by atoms with Crippen LogP contribution in [0.1, 0.15) is 28.4 Å². The van der Waals surface area contributed by atoms with E-state index < -0.39 is 28.7 Å². The zero-order chi connectivity index (χ0) is 30.2. The highest BCUT2D eigenvalue weighted by atomic mass is 35.5. The lowest BCUT2D eigenvalue weighted by molar-refractivity contribution is -0.145. The van der Waals surface area contributed by atoms with Crippen molar-refractivity contribution in [2.75, 3.05) is 45.4 Å². The SMILES string of the molecule is CCOC(=O)[C@H](Cc1ccc(-c2c(OC)cc(CN3CCS(=O)CC3)cc2OC)cc1)NC(=O)c1c(Cl)cccc1Cl. The molecule has 1 atom stereocenters. The van der Waals surface area contributed by atoms with Gasteiger partial charge in [0.25, 0.3) is 5.91 Å². The minimum atomic E-state index is -0.953. The first-order chi connectivity index (χ1) is 20.2. The molecule has 1 N–H and O–H groups in total. The molecule has 0 bridgehead atoms. The molecule has 1 aliphatic rings. The first-order valence-corrected chi connectivity index (χ1v) is 15.8. The average Bonchev–Trinajstić information content (AvgIpc) is 2.98. The molecule has 0 aliphatic carbocycles. The fraction of sp³-hybridized carbons (Fsp3) is 0.355. The van der Waals surface area contributed by atoms with Gasteiger partial charge in [-0.05, 0) is 47.9 Å². The average molecular weight is 634 g/mol. The highest BCUT2D eigenvalue weighted by molar-refractivity contribution is 7.85. The molecule has 1 heterocycles. The second-order valence-corrected chi connectivity index (χ2v) is 12.3. The maximum Gasteiger partial charge on any atom is 0.328 e. The van der Waals surface area contributed by atoms with E-state index in [2.05, 4.69) is 10.2 Å². The van der Waals surface area contributed by atoms with Gasteiger partial charge in [-0.3, -0.25) is 13.9 Å². The van der Waals surface area contributed by atoms with Gasteiger partial charge >= 0.3 is 5.97 Å². The first kappa shape index (κ1) is 31.8. The summed E-state index contributed by atoms with van der Waals surface area (Å²) in [6, 6.07) is 15.4. The van der Waals surface area contributed by atoms with Crippen molar-refractivity contribution < 1.29 is 28.0 Å². The molecular formula is C31H34Cl2N2O6S. The molecule has 0 radical (unpaired) electrons. The molecule has 3 aromatic rings. The Hall–Kier alpha value is -3.11. The second kappa shape index (κ2) is 14.9. The fourth-order valence-electron chi connectivity index (χ4n) is 4.86. The van der Waals surface area contributed by atoms with Gasteiger partial charge in [0.1, 0.15) is 17.5 Å². The Morgan fingerprint density at radius 3 is 2.10 bits per heavy atom. The Kier molecular flexibility index (Phi) is 11.3. The minimum absolute atomic E-state index is 0.100. The van der Waals surface area contributed by atoms with Crippen LogP contribution in [0.15, 0.2) is 54.6 Å². The van der Waals surface area contributed by atoms with Crippen LogP contribution in [0.2, 0.25) is 10.0 Å². The molecule has 224 valence electrons. The van der Waals surface area contributed by atoms with Crippen molar-refractivity contribution in [3.05, 3.63) is 81.3 Å². The van der Waals surface area contributed by atoms with E-state index in [4.69, 9.17) is 37.4 Å². The lowest BCUT2D eigenvalue weighted by Gasteiger charge is -2.26. The van der Waals surface area contributed by atoms with Gasteiger partial charge in [0.15, 0.2) is 0 Å². The van der Waals surface area contributed by atoms with E-state index >= 15 is 0 Å². The largest absolute Gasteiger partial charge is 0.496 e. The number of hydrogen-bond acceptors (Lipinski definition) is 7. The van der Waals surface area contributed by atoms with Gasteiger partial charge in [0, 0.05) is 48.4 Å². The molecule has 0 aromatic heterocycles. The maximum absolute atomic E-state index is 13.0. The molecule has 4 rings (SSSR count). The number of esters is 1. The third-order valence-electron chi connectivity index (χ3n) is 6.99. The van der Waals surface area contributed by atoms with E-state index in [0.717, 1.165) is 35.3 Å². The quantitative estimate of drug-likeness (QED) is 0.292. The Labute approximate surface area is 258 Å². The van der Waals surface area contributed by atoms with Crippen LogP contribution in [0.5, 0.6) is 11.5 Å². The summed E-state index contributed by atoms with van der Waals surface area (Å²) in [4.78, 5) is 28.1. The Balaban J connectivity index is 1.55. The van der Waals surface area contributed by atoms with Crippen LogP contribution in [0.25, 0.3) is 11.1 Å². The van der Waals surface area contributed by atoms with Crippen LogP contribution in [-0.2, 0) is 33.3 Å². The Bertz CT molecular complexity index is 1390. The van der Waals surface area contributed by atoms with Crippen molar-refractivity contribution in [1.82, 2.24) is 10.2 Å². The Morgan fingerprint density at radius 1 is 0.952 bits per heavy atom. The summed E-state index contributed by atoms with van der Waals surface area (Å²) in [5.74, 6) is 1.60. The number of hydrogen-bond donors (Lipinski definition) is 1. The van der Waals surface area contributed by atoms with E-state index in [9.17, 15) is 13.8 Å². The molecule has 8 nitrogen and oxygen atoms in total. The molecule has 1 amide bonds. The topological polar surface area (TPSA) is 94.2 Å². The molecule has 1 saturated heterocycles. The molecule has 0 unspecified atom stereocenters. The predicted octanol–water partition coefficient (Wildman–Crippen LogP) is 5.15. The van der Waals surface area contributed by atoms with Crippen molar-refractivity contribution in [3.8, 4) is 22.6 Å². The van der Waals surface area contributed by atoms with Crippen molar-refractivity contribution in [2.45, 2.75) is 25.9 Å². The number of halogens is 2. The number of benzene rings is 3. The summed E-state index contributed by atoms with van der Waals surface area (Å²) < 4.78 is 28.5. The monoisotopic (exact) mass is 632 g/mol. The van der Waals surface area contributed by atoms with Crippen LogP contribution < -0.4 is 14.8 Å². The second-order valence-electron chi connectivity index (χ2n) is 9.78. The van der Waals surface area contributed by atoms with Crippen LogP contribution >= 0.6 is 23.2 Å². The van der Waals surface area contributed by atoms with Crippen molar-refractivity contribution >= 4 is 45.9 Å². The van der Waals surface area contributed by atoms with Crippen LogP contribution in [0.3, 0.4) is 0 Å². The maximum atomic E-state index is 13.0. The summed E-state index contributed by atoms with van der Waals surface area (Å²) in [6.45, 7) is 4.17. The summed E-state index contributed by atoms with van der Waals surface area (Å²) in [5.41, 5.74) is 3.62. The van der Waals surface area contributed by atoms with Gasteiger partial charge in [-0.15, -0.1) is 0 Å². The highest BCUT2D eigenvalue weighted by Gasteiger charge is 2.26. The number of methoxy groups -OCH3 is 2. The van der Waals surface area contributed by atoms with E-state index in [1.807, 2.05) is 36.4 Å². The zero-order valence-electron chi connectivity index (χ0n) is 23.8. The first-order valence-electron chi connectivity index (χ1n) is 13.6. The number of nitrogens with one attached hydrogen (secondary N) is 1. The van der Waals surface area contributed by atoms with E-state index in [1.165, 1.54) is 0 Å². The number of amides is 1. The van der Waals surface area contributed by atoms with Crippen LogP contribution in [0, 0.1) is 0 Å². The van der Waals surface area contributed by atoms with Gasteiger partial charge in [-0.1, -0.05) is 53.5 Å². The third kappa shape index (κ3) is 7.83. The number of rotatable bonds is 11. The predicted molar refractivity (Wildman–Crippen MR) is 166 cm³/mol. The number of carbonyl (C=O) groups excluding carboxylic acids is 2. The lowest BCUT2D eigenvalue weighted by Crippen LogP contribution is -2.43. The van der Waals surface area contributed by atoms with Crippen molar-refractivity contribution in [2.24, 2.45) is 0 Å². The standard InChI is InChI=1S/C31H34Cl2N2O6S/c1-4-41-31(37)25(34-30(36)29-23(32)6-5-7-24(29)33)16-20-8-10-22(11-9-20)28-26(39-2)17-21(18-27(28)40-3)19-35-12-14-42(38)15-13-35/h5-11,17-18,25H,4,12-16,19H2,1-3H3,(H,34,36)/t25-/m0/s1. The van der Waals surface area contributed by atoms with E-state index in [0.29, 0.717) is 29.5 Å². The van der Waals surface area contributed by atoms with E-state index in [-0.39, 0.29) is 28.6 Å². The number of ether oxygens (including phenoxy) is 3. The summed E-state index contributed by atoms with van der Waals surface area (Å²) in [5, 5.41) is 3.11. The van der Waals surface area contributed by atoms with Gasteiger partial charge in [-0.25, -0.2) is 4.79 Å². The minimum Gasteiger partial charge on any atom is -0.496 e.